The van der Waals surface area contributed by atoms with Gasteiger partial charge >= 0.3 is 12.4 Å². The summed E-state index contributed by atoms with van der Waals surface area (Å²) < 4.78 is 89.3. The molecule has 0 aliphatic heterocycles. The molecule has 0 bridgehead atoms. The van der Waals surface area contributed by atoms with E-state index >= 15 is 0 Å². The van der Waals surface area contributed by atoms with Gasteiger partial charge in [0.25, 0.3) is 0 Å². The first-order chi connectivity index (χ1) is 16.4. The van der Waals surface area contributed by atoms with Crippen LogP contribution in [0, 0.1) is 0 Å². The maximum atomic E-state index is 12.9. The van der Waals surface area contributed by atoms with E-state index < -0.39 is 23.6 Å². The molecule has 0 atom stereocenters. The number of nitrogens with zero attached hydrogens (tertiary/aromatic N) is 4. The smallest absolute Gasteiger partial charge is 0.432 e. The second-order valence-electron chi connectivity index (χ2n) is 7.15. The van der Waals surface area contributed by atoms with Gasteiger partial charge in [0.2, 0.25) is 17.7 Å². The number of ether oxygens (including phenoxy) is 2. The number of alkyl halides is 6. The minimum Gasteiger partial charge on any atom is -0.481 e. The van der Waals surface area contributed by atoms with Crippen LogP contribution in [0.3, 0.4) is 0 Å². The molecule has 0 aliphatic carbocycles. The van der Waals surface area contributed by atoms with E-state index in [2.05, 4.69) is 25.3 Å². The molecule has 3 aromatic heterocycles. The van der Waals surface area contributed by atoms with Crippen molar-refractivity contribution in [3.8, 4) is 29.0 Å². The highest BCUT2D eigenvalue weighted by Crippen LogP contribution is 2.33. The Kier molecular flexibility index (Phi) is 6.05. The number of rotatable bonds is 6. The third-order valence-electron chi connectivity index (χ3n) is 4.74. The van der Waals surface area contributed by atoms with E-state index in [-0.39, 0.29) is 35.0 Å². The monoisotopic (exact) mass is 498 g/mol. The van der Waals surface area contributed by atoms with Gasteiger partial charge in [-0.2, -0.15) is 26.3 Å². The Morgan fingerprint density at radius 3 is 2.26 bits per heavy atom. The van der Waals surface area contributed by atoms with Gasteiger partial charge in [0, 0.05) is 24.9 Å². The number of aromatic amines is 1. The van der Waals surface area contributed by atoms with Gasteiger partial charge < -0.3 is 19.8 Å². The summed E-state index contributed by atoms with van der Waals surface area (Å²) >= 11 is 0. The Bertz CT molecular complexity index is 1330. The van der Waals surface area contributed by atoms with Crippen LogP contribution in [-0.2, 0) is 19.4 Å². The highest BCUT2D eigenvalue weighted by Gasteiger charge is 2.33. The third kappa shape index (κ3) is 5.31. The summed E-state index contributed by atoms with van der Waals surface area (Å²) in [6, 6.07) is 7.16. The molecule has 0 saturated heterocycles. The van der Waals surface area contributed by atoms with E-state index in [1.54, 1.807) is 7.05 Å². The van der Waals surface area contributed by atoms with Gasteiger partial charge in [-0.3, -0.25) is 4.57 Å². The highest BCUT2D eigenvalue weighted by molar-refractivity contribution is 5.57. The summed E-state index contributed by atoms with van der Waals surface area (Å²) in [6.45, 7) is 0. The molecular weight excluding hydrogens is 482 g/mol. The Morgan fingerprint density at radius 1 is 0.943 bits per heavy atom. The molecule has 0 aliphatic rings. The van der Waals surface area contributed by atoms with E-state index in [0.29, 0.717) is 11.9 Å². The van der Waals surface area contributed by atoms with Gasteiger partial charge in [0.1, 0.15) is 17.1 Å². The number of benzene rings is 1. The first-order valence-electron chi connectivity index (χ1n) is 9.76. The van der Waals surface area contributed by atoms with Crippen molar-refractivity contribution in [2.24, 2.45) is 7.05 Å². The van der Waals surface area contributed by atoms with Crippen LogP contribution in [0.4, 0.5) is 38.0 Å². The van der Waals surface area contributed by atoms with Crippen molar-refractivity contribution in [3.63, 3.8) is 0 Å². The number of hydrogen-bond acceptors (Lipinski definition) is 6. The molecule has 184 valence electrons. The quantitative estimate of drug-likeness (QED) is 0.327. The third-order valence-corrected chi connectivity index (χ3v) is 4.74. The zero-order valence-electron chi connectivity index (χ0n) is 18.0. The zero-order valence-corrected chi connectivity index (χ0v) is 18.0. The Balaban J connectivity index is 1.56. The normalized spacial score (nSPS) is 12.0. The topological polar surface area (TPSA) is 89.9 Å². The molecule has 0 unspecified atom stereocenters. The number of pyridine rings is 1. The van der Waals surface area contributed by atoms with Crippen LogP contribution in [0.1, 0.15) is 11.3 Å². The van der Waals surface area contributed by atoms with Crippen LogP contribution in [-0.4, -0.2) is 31.6 Å². The lowest BCUT2D eigenvalue weighted by atomic mass is 10.2. The second-order valence-corrected chi connectivity index (χ2v) is 7.15. The zero-order chi connectivity index (χ0) is 25.4. The summed E-state index contributed by atoms with van der Waals surface area (Å²) in [4.78, 5) is 14.1. The van der Waals surface area contributed by atoms with E-state index in [1.807, 2.05) is 0 Å². The number of H-pyrrole nitrogens is 1. The lowest BCUT2D eigenvalue weighted by Gasteiger charge is -2.11. The number of methoxy groups -OCH3 is 1. The summed E-state index contributed by atoms with van der Waals surface area (Å²) in [5.74, 6) is 0.570. The van der Waals surface area contributed by atoms with E-state index in [1.165, 1.54) is 42.1 Å². The Labute approximate surface area is 193 Å². The van der Waals surface area contributed by atoms with Crippen molar-refractivity contribution in [1.29, 1.82) is 0 Å². The molecule has 0 saturated carbocycles. The van der Waals surface area contributed by atoms with Gasteiger partial charge in [0.05, 0.1) is 25.1 Å². The lowest BCUT2D eigenvalue weighted by Crippen LogP contribution is -2.05. The summed E-state index contributed by atoms with van der Waals surface area (Å²) in [5, 5.41) is 2.88. The maximum Gasteiger partial charge on any atom is 0.432 e. The standard InChI is InChI=1S/C21H16F6N6O2/c1-33-17(10-29-19(33)30-12-5-3-11(4-6-12)20(22,23)24)35-13-7-14(31-16(8-13)34-2)18-28-9-15(32-18)21(25,26)27/h3-10H,1-2H3,(H,28,32)(H,29,30). The van der Waals surface area contributed by atoms with Gasteiger partial charge in [-0.15, -0.1) is 0 Å². The van der Waals surface area contributed by atoms with Gasteiger partial charge in [-0.25, -0.2) is 15.0 Å². The number of anilines is 2. The molecule has 8 nitrogen and oxygen atoms in total. The average molecular weight is 498 g/mol. The fourth-order valence-corrected chi connectivity index (χ4v) is 2.96. The van der Waals surface area contributed by atoms with Crippen LogP contribution in [0.25, 0.3) is 11.5 Å². The van der Waals surface area contributed by atoms with Crippen LogP contribution in [0.15, 0.2) is 48.8 Å². The van der Waals surface area contributed by atoms with Crippen molar-refractivity contribution in [2.75, 3.05) is 12.4 Å². The molecule has 4 aromatic rings. The highest BCUT2D eigenvalue weighted by atomic mass is 19.4. The molecule has 4 rings (SSSR count). The predicted molar refractivity (Wildman–Crippen MR) is 111 cm³/mol. The van der Waals surface area contributed by atoms with Gasteiger partial charge in [-0.05, 0) is 24.3 Å². The van der Waals surface area contributed by atoms with Crippen molar-refractivity contribution in [1.82, 2.24) is 24.5 Å². The van der Waals surface area contributed by atoms with Crippen LogP contribution < -0.4 is 14.8 Å². The summed E-state index contributed by atoms with van der Waals surface area (Å²) in [5.41, 5.74) is -1.41. The largest absolute Gasteiger partial charge is 0.481 e. The number of imidazole rings is 2. The van der Waals surface area contributed by atoms with Crippen LogP contribution in [0.5, 0.6) is 17.5 Å². The van der Waals surface area contributed by atoms with E-state index in [9.17, 15) is 26.3 Å². The fourth-order valence-electron chi connectivity index (χ4n) is 2.96. The molecule has 1 aromatic carbocycles. The number of halogens is 6. The molecule has 0 fully saturated rings. The molecule has 0 amide bonds. The van der Waals surface area contributed by atoms with E-state index in [0.717, 1.165) is 12.1 Å². The van der Waals surface area contributed by atoms with E-state index in [4.69, 9.17) is 9.47 Å². The maximum absolute atomic E-state index is 12.9. The molecule has 0 spiro atoms. The van der Waals surface area contributed by atoms with Gasteiger partial charge in [0.15, 0.2) is 5.82 Å². The number of nitrogens with one attached hydrogen (secondary N) is 2. The molecule has 2 N–H and O–H groups in total. The first kappa shape index (κ1) is 23.9. The molecular formula is C21H16F6N6O2. The Hall–Kier alpha value is -4.23. The van der Waals surface area contributed by atoms with Crippen molar-refractivity contribution >= 4 is 11.6 Å². The second kappa shape index (κ2) is 8.85. The molecule has 35 heavy (non-hydrogen) atoms. The molecule has 14 heteroatoms. The van der Waals surface area contributed by atoms with Crippen molar-refractivity contribution < 1.29 is 35.8 Å². The van der Waals surface area contributed by atoms with Crippen molar-refractivity contribution in [3.05, 3.63) is 60.0 Å². The predicted octanol–water partition coefficient (Wildman–Crippen LogP) is 5.79. The number of aromatic nitrogens is 5. The minimum absolute atomic E-state index is 0.0418. The number of hydrogen-bond donors (Lipinski definition) is 2. The summed E-state index contributed by atoms with van der Waals surface area (Å²) in [6.07, 6.45) is -7.04. The van der Waals surface area contributed by atoms with Crippen molar-refractivity contribution in [2.45, 2.75) is 12.4 Å². The van der Waals surface area contributed by atoms with Crippen LogP contribution in [0.2, 0.25) is 0 Å². The summed E-state index contributed by atoms with van der Waals surface area (Å²) in [7, 11) is 2.92. The lowest BCUT2D eigenvalue weighted by molar-refractivity contribution is -0.141. The molecule has 3 heterocycles. The molecule has 0 radical (unpaired) electrons. The fraction of sp³-hybridized carbons (Fsp3) is 0.190. The van der Waals surface area contributed by atoms with Gasteiger partial charge in [-0.1, -0.05) is 0 Å². The van der Waals surface area contributed by atoms with Crippen LogP contribution >= 0.6 is 0 Å². The SMILES string of the molecule is COc1cc(Oc2cnc(Nc3ccc(C(F)(F)F)cc3)n2C)cc(-c2ncc(C(F)(F)F)[nH]2)n1. The average Bonchev–Trinajstić information content (AvgIpc) is 3.42. The minimum atomic E-state index is -4.60. The Morgan fingerprint density at radius 2 is 1.66 bits per heavy atom. The first-order valence-corrected chi connectivity index (χ1v) is 9.76.